The summed E-state index contributed by atoms with van der Waals surface area (Å²) in [5.41, 5.74) is 0.812. The van der Waals surface area contributed by atoms with Crippen LogP contribution in [0.4, 0.5) is 0 Å². The Balaban J connectivity index is 2.39. The first-order valence-corrected chi connectivity index (χ1v) is 9.46. The van der Waals surface area contributed by atoms with Gasteiger partial charge in [-0.1, -0.05) is 19.9 Å². The van der Waals surface area contributed by atoms with E-state index in [4.69, 9.17) is 11.6 Å². The van der Waals surface area contributed by atoms with Crippen LogP contribution in [0, 0.1) is 11.8 Å². The summed E-state index contributed by atoms with van der Waals surface area (Å²) in [5, 5.41) is 0. The predicted octanol–water partition coefficient (Wildman–Crippen LogP) is 3.85. The van der Waals surface area contributed by atoms with Crippen molar-refractivity contribution in [1.82, 2.24) is 4.31 Å². The van der Waals surface area contributed by atoms with Gasteiger partial charge in [0.2, 0.25) is 10.0 Å². The first kappa shape index (κ1) is 16.3. The lowest BCUT2D eigenvalue weighted by atomic mass is 9.94. The van der Waals surface area contributed by atoms with Crippen molar-refractivity contribution in [2.24, 2.45) is 11.8 Å². The Morgan fingerprint density at radius 1 is 1.30 bits per heavy atom. The Hall–Kier alpha value is -0.100. The summed E-state index contributed by atoms with van der Waals surface area (Å²) in [4.78, 5) is 0.317. The highest BCUT2D eigenvalue weighted by molar-refractivity contribution is 9.10. The van der Waals surface area contributed by atoms with Crippen LogP contribution in [0.15, 0.2) is 27.6 Å². The molecule has 6 heteroatoms. The molecule has 1 fully saturated rings. The molecule has 0 aliphatic carbocycles. The fourth-order valence-electron chi connectivity index (χ4n) is 2.77. The fraction of sp³-hybridized carbons (Fsp3) is 0.571. The molecular weight excluding hydrogens is 362 g/mol. The summed E-state index contributed by atoms with van der Waals surface area (Å²) >= 11 is 9.15. The third-order valence-corrected chi connectivity index (χ3v) is 6.74. The molecule has 2 rings (SSSR count). The average molecular weight is 381 g/mol. The van der Waals surface area contributed by atoms with Crippen LogP contribution < -0.4 is 0 Å². The summed E-state index contributed by atoms with van der Waals surface area (Å²) < 4.78 is 27.8. The van der Waals surface area contributed by atoms with Crippen molar-refractivity contribution >= 4 is 37.6 Å². The lowest BCUT2D eigenvalue weighted by Crippen LogP contribution is -2.42. The summed E-state index contributed by atoms with van der Waals surface area (Å²) in [5.74, 6) is 1.09. The van der Waals surface area contributed by atoms with E-state index in [0.29, 0.717) is 40.2 Å². The Morgan fingerprint density at radius 3 is 2.45 bits per heavy atom. The van der Waals surface area contributed by atoms with Gasteiger partial charge in [0.25, 0.3) is 0 Å². The highest BCUT2D eigenvalue weighted by Gasteiger charge is 2.32. The normalized spacial score (nSPS) is 24.8. The van der Waals surface area contributed by atoms with Gasteiger partial charge in [-0.15, -0.1) is 11.6 Å². The number of sulfonamides is 1. The summed E-state index contributed by atoms with van der Waals surface area (Å²) in [6.45, 7) is 5.37. The highest BCUT2D eigenvalue weighted by atomic mass is 79.9. The zero-order chi connectivity index (χ0) is 14.9. The van der Waals surface area contributed by atoms with Gasteiger partial charge >= 0.3 is 0 Å². The zero-order valence-electron chi connectivity index (χ0n) is 11.6. The molecule has 0 radical (unpaired) electrons. The number of hydrogen-bond acceptors (Lipinski definition) is 2. The van der Waals surface area contributed by atoms with Gasteiger partial charge in [0.05, 0.1) is 4.90 Å². The summed E-state index contributed by atoms with van der Waals surface area (Å²) in [7, 11) is -3.46. The Labute approximate surface area is 134 Å². The zero-order valence-corrected chi connectivity index (χ0v) is 14.8. The number of hydrogen-bond donors (Lipinski definition) is 0. The SMILES string of the molecule is CC1CC(C)CN(S(=O)(=O)c2cc(CCl)ccc2Br)C1. The topological polar surface area (TPSA) is 37.4 Å². The molecular formula is C14H19BrClNO2S. The molecule has 0 N–H and O–H groups in total. The number of benzene rings is 1. The monoisotopic (exact) mass is 379 g/mol. The lowest BCUT2D eigenvalue weighted by molar-refractivity contribution is 0.222. The number of rotatable bonds is 3. The summed E-state index contributed by atoms with van der Waals surface area (Å²) in [6, 6.07) is 5.25. The Morgan fingerprint density at radius 2 is 1.90 bits per heavy atom. The van der Waals surface area contributed by atoms with E-state index in [1.165, 1.54) is 0 Å². The number of alkyl halides is 1. The van der Waals surface area contributed by atoms with Crippen LogP contribution >= 0.6 is 27.5 Å². The first-order valence-electron chi connectivity index (χ1n) is 6.69. The smallest absolute Gasteiger partial charge is 0.207 e. The van der Waals surface area contributed by atoms with Gasteiger partial charge in [0, 0.05) is 23.4 Å². The van der Waals surface area contributed by atoms with E-state index in [2.05, 4.69) is 29.8 Å². The van der Waals surface area contributed by atoms with Crippen molar-refractivity contribution in [2.45, 2.75) is 31.0 Å². The van der Waals surface area contributed by atoms with Crippen molar-refractivity contribution in [3.05, 3.63) is 28.2 Å². The van der Waals surface area contributed by atoms with E-state index < -0.39 is 10.0 Å². The van der Waals surface area contributed by atoms with Crippen molar-refractivity contribution in [3.63, 3.8) is 0 Å². The molecule has 3 nitrogen and oxygen atoms in total. The molecule has 0 spiro atoms. The standard InChI is InChI=1S/C14H19BrClNO2S/c1-10-5-11(2)9-17(8-10)20(18,19)14-6-12(7-16)3-4-13(14)15/h3-4,6,10-11H,5,7-9H2,1-2H3. The molecule has 0 saturated carbocycles. The van der Waals surface area contributed by atoms with Crippen LogP contribution in [0.1, 0.15) is 25.8 Å². The van der Waals surface area contributed by atoms with E-state index in [-0.39, 0.29) is 0 Å². The van der Waals surface area contributed by atoms with Crippen molar-refractivity contribution in [2.75, 3.05) is 13.1 Å². The van der Waals surface area contributed by atoms with Gasteiger partial charge in [-0.3, -0.25) is 0 Å². The van der Waals surface area contributed by atoms with Gasteiger partial charge < -0.3 is 0 Å². The molecule has 1 aromatic rings. The van der Waals surface area contributed by atoms with Gasteiger partial charge in [0.15, 0.2) is 0 Å². The minimum Gasteiger partial charge on any atom is -0.207 e. The van der Waals surface area contributed by atoms with Gasteiger partial charge in [-0.2, -0.15) is 4.31 Å². The number of nitrogens with zero attached hydrogens (tertiary/aromatic N) is 1. The Kier molecular flexibility index (Phi) is 5.16. The minimum atomic E-state index is -3.46. The van der Waals surface area contributed by atoms with Crippen LogP contribution in [0.25, 0.3) is 0 Å². The lowest BCUT2D eigenvalue weighted by Gasteiger charge is -2.34. The summed E-state index contributed by atoms with van der Waals surface area (Å²) in [6.07, 6.45) is 1.08. The molecule has 1 heterocycles. The van der Waals surface area contributed by atoms with Gasteiger partial charge in [-0.05, 0) is 51.9 Å². The minimum absolute atomic E-state index is 0.308. The van der Waals surface area contributed by atoms with E-state index >= 15 is 0 Å². The predicted molar refractivity (Wildman–Crippen MR) is 85.4 cm³/mol. The maximum atomic E-state index is 12.8. The van der Waals surface area contributed by atoms with Crippen molar-refractivity contribution < 1.29 is 8.42 Å². The first-order chi connectivity index (χ1) is 9.34. The molecule has 0 amide bonds. The van der Waals surface area contributed by atoms with Gasteiger partial charge in [-0.25, -0.2) is 8.42 Å². The second-order valence-electron chi connectivity index (χ2n) is 5.67. The van der Waals surface area contributed by atoms with Crippen molar-refractivity contribution in [1.29, 1.82) is 0 Å². The van der Waals surface area contributed by atoms with Crippen LogP contribution in [0.3, 0.4) is 0 Å². The third-order valence-electron chi connectivity index (χ3n) is 3.60. The maximum absolute atomic E-state index is 12.8. The van der Waals surface area contributed by atoms with E-state index in [1.807, 2.05) is 6.07 Å². The number of halogens is 2. The van der Waals surface area contributed by atoms with E-state index in [1.54, 1.807) is 16.4 Å². The van der Waals surface area contributed by atoms with Gasteiger partial charge in [0.1, 0.15) is 0 Å². The molecule has 0 bridgehead atoms. The Bertz CT molecular complexity index is 581. The second-order valence-corrected chi connectivity index (χ2v) is 8.69. The highest BCUT2D eigenvalue weighted by Crippen LogP contribution is 2.31. The van der Waals surface area contributed by atoms with Crippen molar-refractivity contribution in [3.8, 4) is 0 Å². The maximum Gasteiger partial charge on any atom is 0.244 e. The van der Waals surface area contributed by atoms with Crippen LogP contribution in [0.2, 0.25) is 0 Å². The molecule has 0 aromatic heterocycles. The van der Waals surface area contributed by atoms with Crippen LogP contribution in [-0.2, 0) is 15.9 Å². The average Bonchev–Trinajstić information content (AvgIpc) is 2.38. The third kappa shape index (κ3) is 3.38. The van der Waals surface area contributed by atoms with E-state index in [9.17, 15) is 8.42 Å². The largest absolute Gasteiger partial charge is 0.244 e. The fourth-order valence-corrected chi connectivity index (χ4v) is 5.59. The molecule has 2 unspecified atom stereocenters. The molecule has 1 aliphatic rings. The van der Waals surface area contributed by atoms with E-state index in [0.717, 1.165) is 12.0 Å². The van der Waals surface area contributed by atoms with Crippen LogP contribution in [0.5, 0.6) is 0 Å². The molecule has 1 aliphatic heterocycles. The molecule has 20 heavy (non-hydrogen) atoms. The second kappa shape index (κ2) is 6.34. The molecule has 112 valence electrons. The quantitative estimate of drug-likeness (QED) is 0.747. The molecule has 1 saturated heterocycles. The number of piperidine rings is 1. The van der Waals surface area contributed by atoms with Crippen LogP contribution in [-0.4, -0.2) is 25.8 Å². The molecule has 2 atom stereocenters. The molecule has 1 aromatic carbocycles.